The van der Waals surface area contributed by atoms with Gasteiger partial charge >= 0.3 is 0 Å². The van der Waals surface area contributed by atoms with Crippen molar-refractivity contribution in [3.63, 3.8) is 0 Å². The molecule has 0 saturated heterocycles. The molecule has 16 heavy (non-hydrogen) atoms. The average Bonchev–Trinajstić information content (AvgIpc) is 2.84. The lowest BCUT2D eigenvalue weighted by Crippen LogP contribution is -2.23. The molecule has 0 N–H and O–H groups in total. The number of nitrogens with zero attached hydrogens (tertiary/aromatic N) is 2. The molecule has 0 amide bonds. The van der Waals surface area contributed by atoms with E-state index in [1.807, 2.05) is 23.9 Å². The molecule has 3 rings (SSSR count). The van der Waals surface area contributed by atoms with Crippen molar-refractivity contribution in [2.24, 2.45) is 10.9 Å². The van der Waals surface area contributed by atoms with Crippen LogP contribution in [-0.4, -0.2) is 16.7 Å². The first-order chi connectivity index (χ1) is 7.83. The molecule has 1 atom stereocenters. The Balaban J connectivity index is 2.13. The van der Waals surface area contributed by atoms with Crippen LogP contribution in [0.25, 0.3) is 5.57 Å². The van der Waals surface area contributed by atoms with Crippen molar-refractivity contribution in [2.45, 2.75) is 19.8 Å². The van der Waals surface area contributed by atoms with Gasteiger partial charge in [0.2, 0.25) is 11.4 Å². The van der Waals surface area contributed by atoms with E-state index >= 15 is 0 Å². The van der Waals surface area contributed by atoms with Crippen LogP contribution in [0, 0.1) is 11.1 Å². The number of thiophene rings is 1. The average molecular weight is 232 g/mol. The molecule has 82 valence electrons. The number of allylic oxidation sites excluding steroid dienone is 1. The Labute approximate surface area is 98.0 Å². The standard InChI is InChI=1S/C12H12N2OS/c1-2-3-8-6-13-7-9-11(8)14(15)10-4-5-16-12(9)10/h4-8H,2-3H2,1H3. The van der Waals surface area contributed by atoms with Crippen molar-refractivity contribution in [2.75, 3.05) is 0 Å². The molecule has 4 heteroatoms. The third-order valence-electron chi connectivity index (χ3n) is 3.02. The highest BCUT2D eigenvalue weighted by Gasteiger charge is 2.38. The number of hydrogen-bond acceptors (Lipinski definition) is 3. The molecule has 1 aromatic rings. The molecule has 0 aliphatic carbocycles. The SMILES string of the molecule is CCCC1C=NC=C2C1=[N+]([O-])c1ccsc12. The second kappa shape index (κ2) is 3.56. The van der Waals surface area contributed by atoms with Gasteiger partial charge in [0.05, 0.1) is 11.5 Å². The van der Waals surface area contributed by atoms with Gasteiger partial charge in [-0.25, -0.2) is 0 Å². The fourth-order valence-corrected chi connectivity index (χ4v) is 3.20. The second-order valence-corrected chi connectivity index (χ2v) is 4.97. The quantitative estimate of drug-likeness (QED) is 0.570. The zero-order valence-electron chi connectivity index (χ0n) is 9.01. The van der Waals surface area contributed by atoms with E-state index in [2.05, 4.69) is 11.9 Å². The van der Waals surface area contributed by atoms with Crippen LogP contribution in [0.5, 0.6) is 0 Å². The number of fused-ring (bicyclic) bond motifs is 3. The van der Waals surface area contributed by atoms with Crippen molar-refractivity contribution < 1.29 is 4.74 Å². The van der Waals surface area contributed by atoms with Crippen LogP contribution >= 0.6 is 11.3 Å². The molecule has 0 saturated carbocycles. The molecule has 2 aliphatic heterocycles. The highest BCUT2D eigenvalue weighted by atomic mass is 32.1. The van der Waals surface area contributed by atoms with Crippen LogP contribution in [0.3, 0.4) is 0 Å². The van der Waals surface area contributed by atoms with Gasteiger partial charge in [-0.3, -0.25) is 4.99 Å². The zero-order valence-corrected chi connectivity index (χ0v) is 9.83. The summed E-state index contributed by atoms with van der Waals surface area (Å²) < 4.78 is 1.09. The molecular weight excluding hydrogens is 220 g/mol. The molecule has 1 unspecified atom stereocenters. The van der Waals surface area contributed by atoms with Crippen LogP contribution in [0.1, 0.15) is 24.6 Å². The summed E-state index contributed by atoms with van der Waals surface area (Å²) in [5, 5.41) is 14.1. The zero-order chi connectivity index (χ0) is 11.1. The maximum absolute atomic E-state index is 12.2. The van der Waals surface area contributed by atoms with E-state index in [9.17, 15) is 5.21 Å². The molecule has 0 bridgehead atoms. The summed E-state index contributed by atoms with van der Waals surface area (Å²) in [5.41, 5.74) is 2.71. The normalized spacial score (nSPS) is 22.1. The van der Waals surface area contributed by atoms with Crippen molar-refractivity contribution in [3.05, 3.63) is 27.7 Å². The third-order valence-corrected chi connectivity index (χ3v) is 3.96. The molecule has 2 aliphatic rings. The summed E-state index contributed by atoms with van der Waals surface area (Å²) in [6.45, 7) is 2.13. The molecule has 0 fully saturated rings. The fraction of sp³-hybridized carbons (Fsp3) is 0.333. The van der Waals surface area contributed by atoms with Crippen LogP contribution in [-0.2, 0) is 0 Å². The number of aliphatic imine (C=N–C) groups is 1. The van der Waals surface area contributed by atoms with E-state index in [1.165, 1.54) is 0 Å². The molecule has 0 aromatic carbocycles. The van der Waals surface area contributed by atoms with Crippen LogP contribution < -0.4 is 0 Å². The van der Waals surface area contributed by atoms with Gasteiger partial charge in [0.1, 0.15) is 4.88 Å². The van der Waals surface area contributed by atoms with Crippen LogP contribution in [0.2, 0.25) is 0 Å². The summed E-state index contributed by atoms with van der Waals surface area (Å²) in [6, 6.07) is 1.89. The highest BCUT2D eigenvalue weighted by Crippen LogP contribution is 2.41. The molecule has 3 heterocycles. The first-order valence-electron chi connectivity index (χ1n) is 5.48. The first kappa shape index (κ1) is 9.78. The van der Waals surface area contributed by atoms with E-state index in [0.717, 1.165) is 39.4 Å². The minimum absolute atomic E-state index is 0.182. The van der Waals surface area contributed by atoms with Crippen LogP contribution in [0.15, 0.2) is 22.6 Å². The largest absolute Gasteiger partial charge is 0.618 e. The summed E-state index contributed by atoms with van der Waals surface area (Å²) in [6.07, 6.45) is 5.76. The molecule has 0 radical (unpaired) electrons. The van der Waals surface area contributed by atoms with E-state index in [-0.39, 0.29) is 5.92 Å². The third kappa shape index (κ3) is 1.19. The summed E-state index contributed by atoms with van der Waals surface area (Å²) >= 11 is 1.62. The van der Waals surface area contributed by atoms with E-state index < -0.39 is 0 Å². The molecule has 3 nitrogen and oxygen atoms in total. The predicted octanol–water partition coefficient (Wildman–Crippen LogP) is 3.19. The summed E-state index contributed by atoms with van der Waals surface area (Å²) in [7, 11) is 0. The molecular formula is C12H12N2OS. The lowest BCUT2D eigenvalue weighted by molar-refractivity contribution is -0.358. The van der Waals surface area contributed by atoms with Gasteiger partial charge < -0.3 is 5.21 Å². The van der Waals surface area contributed by atoms with Gasteiger partial charge in [-0.2, -0.15) is 4.74 Å². The molecule has 0 spiro atoms. The minimum atomic E-state index is 0.182. The van der Waals surface area contributed by atoms with E-state index in [4.69, 9.17) is 0 Å². The van der Waals surface area contributed by atoms with Gasteiger partial charge in [-0.1, -0.05) is 13.3 Å². The van der Waals surface area contributed by atoms with Gasteiger partial charge in [0.15, 0.2) is 0 Å². The Morgan fingerprint density at radius 2 is 2.44 bits per heavy atom. The lowest BCUT2D eigenvalue weighted by atomic mass is 9.93. The fourth-order valence-electron chi connectivity index (χ4n) is 2.31. The molecule has 1 aromatic heterocycles. The minimum Gasteiger partial charge on any atom is -0.618 e. The monoisotopic (exact) mass is 232 g/mol. The van der Waals surface area contributed by atoms with Gasteiger partial charge in [0.25, 0.3) is 0 Å². The second-order valence-electron chi connectivity index (χ2n) is 4.05. The Kier molecular flexibility index (Phi) is 2.17. The van der Waals surface area contributed by atoms with Gasteiger partial charge in [-0.05, 0) is 11.8 Å². The number of hydrogen-bond donors (Lipinski definition) is 0. The Hall–Kier alpha value is -1.42. The van der Waals surface area contributed by atoms with E-state index in [0.29, 0.717) is 0 Å². The first-order valence-corrected chi connectivity index (χ1v) is 6.36. The summed E-state index contributed by atoms with van der Waals surface area (Å²) in [4.78, 5) is 5.34. The van der Waals surface area contributed by atoms with Crippen LogP contribution in [0.4, 0.5) is 5.69 Å². The Morgan fingerprint density at radius 3 is 3.25 bits per heavy atom. The highest BCUT2D eigenvalue weighted by molar-refractivity contribution is 7.12. The topological polar surface area (TPSA) is 38.4 Å². The van der Waals surface area contributed by atoms with Crippen molar-refractivity contribution >= 4 is 34.5 Å². The Bertz CT molecular complexity index is 525. The van der Waals surface area contributed by atoms with Gasteiger partial charge in [0, 0.05) is 18.5 Å². The summed E-state index contributed by atoms with van der Waals surface area (Å²) in [5.74, 6) is 0.182. The Morgan fingerprint density at radius 1 is 1.56 bits per heavy atom. The number of rotatable bonds is 2. The van der Waals surface area contributed by atoms with Crippen molar-refractivity contribution in [1.82, 2.24) is 0 Å². The smallest absolute Gasteiger partial charge is 0.235 e. The van der Waals surface area contributed by atoms with E-state index in [1.54, 1.807) is 11.3 Å². The lowest BCUT2D eigenvalue weighted by Gasteiger charge is -2.13. The maximum Gasteiger partial charge on any atom is 0.235 e. The predicted molar refractivity (Wildman–Crippen MR) is 67.5 cm³/mol. The van der Waals surface area contributed by atoms with Crippen molar-refractivity contribution in [1.29, 1.82) is 0 Å². The van der Waals surface area contributed by atoms with Crippen molar-refractivity contribution in [3.8, 4) is 0 Å². The maximum atomic E-state index is 12.2. The van der Waals surface area contributed by atoms with Gasteiger partial charge in [-0.15, -0.1) is 11.3 Å².